The van der Waals surface area contributed by atoms with Crippen molar-refractivity contribution in [2.45, 2.75) is 76.1 Å². The van der Waals surface area contributed by atoms with E-state index in [1.165, 1.54) is 32.2 Å². The van der Waals surface area contributed by atoms with E-state index in [0.717, 1.165) is 57.7 Å². The monoisotopic (exact) mass is 716 g/mol. The van der Waals surface area contributed by atoms with Crippen molar-refractivity contribution in [3.8, 4) is 0 Å². The summed E-state index contributed by atoms with van der Waals surface area (Å²) in [6.45, 7) is 14.1. The van der Waals surface area contributed by atoms with Gasteiger partial charge in [-0.25, -0.2) is 0 Å². The van der Waals surface area contributed by atoms with Gasteiger partial charge in [0.1, 0.15) is 0 Å². The van der Waals surface area contributed by atoms with E-state index in [4.69, 9.17) is 14.3 Å². The van der Waals surface area contributed by atoms with E-state index in [1.54, 1.807) is 37.9 Å². The van der Waals surface area contributed by atoms with Gasteiger partial charge in [-0.3, -0.25) is 4.18 Å². The van der Waals surface area contributed by atoms with Crippen molar-refractivity contribution in [2.75, 3.05) is 108 Å². The van der Waals surface area contributed by atoms with Gasteiger partial charge in [-0.1, -0.05) is 17.7 Å². The smallest absolute Gasteiger partial charge is 0.373 e. The topological polar surface area (TPSA) is 153 Å². The Hall–Kier alpha value is -1.14. The third-order valence-corrected chi connectivity index (χ3v) is 9.17. The Morgan fingerprint density at radius 1 is 0.816 bits per heavy atom. The minimum atomic E-state index is -3.60. The van der Waals surface area contributed by atoms with Gasteiger partial charge in [-0.05, 0) is 152 Å². The van der Waals surface area contributed by atoms with E-state index in [-0.39, 0.29) is 32.2 Å². The van der Waals surface area contributed by atoms with E-state index in [2.05, 4.69) is 39.7 Å². The van der Waals surface area contributed by atoms with Crippen molar-refractivity contribution in [1.29, 1.82) is 0 Å². The fraction of sp³-hybridized carbons (Fsp3) is 0.818. The average molecular weight is 716 g/mol. The fourth-order valence-electron chi connectivity index (χ4n) is 5.06. The van der Waals surface area contributed by atoms with Crippen LogP contribution < -0.4 is 15.8 Å². The zero-order valence-electron chi connectivity index (χ0n) is 32.2. The number of likely N-dealkylation sites (N-methyl/N-ethyl adjacent to an activating group) is 3. The molecule has 3 rings (SSSR count). The Morgan fingerprint density at radius 3 is 1.88 bits per heavy atom. The van der Waals surface area contributed by atoms with Gasteiger partial charge in [0.25, 0.3) is 10.1 Å². The molecule has 0 bridgehead atoms. The third-order valence-electron chi connectivity index (χ3n) is 7.85. The lowest BCUT2D eigenvalue weighted by Gasteiger charge is -2.22. The molecule has 286 valence electrons. The van der Waals surface area contributed by atoms with Crippen LogP contribution in [0.3, 0.4) is 0 Å². The Balaban J connectivity index is 0.000000660. The molecule has 2 fully saturated rings. The minimum absolute atomic E-state index is 0.170. The second-order valence-corrected chi connectivity index (χ2v) is 15.4. The predicted molar refractivity (Wildman–Crippen MR) is 206 cm³/mol. The van der Waals surface area contributed by atoms with Crippen LogP contribution in [0.2, 0.25) is 13.6 Å². The maximum atomic E-state index is 11.7. The first-order valence-corrected chi connectivity index (χ1v) is 19.3. The lowest BCUT2D eigenvalue weighted by Crippen LogP contribution is -2.40. The molecular formula is C33H71B2N7O6S. The van der Waals surface area contributed by atoms with Crippen LogP contribution in [0.1, 0.15) is 44.1 Å². The number of aliphatic hydroxyl groups is 1. The molecule has 0 spiro atoms. The van der Waals surface area contributed by atoms with Crippen LogP contribution in [0, 0.1) is 6.92 Å². The lowest BCUT2D eigenvalue weighted by atomic mass is 9.86. The van der Waals surface area contributed by atoms with Crippen LogP contribution in [-0.4, -0.2) is 177 Å². The Morgan fingerprint density at radius 2 is 1.37 bits per heavy atom. The van der Waals surface area contributed by atoms with Crippen molar-refractivity contribution < 1.29 is 27.8 Å². The molecule has 2 saturated heterocycles. The van der Waals surface area contributed by atoms with Crippen LogP contribution in [0.15, 0.2) is 29.2 Å². The van der Waals surface area contributed by atoms with Crippen LogP contribution in [0.25, 0.3) is 0 Å². The maximum absolute atomic E-state index is 11.7. The quantitative estimate of drug-likeness (QED) is 0.119. The van der Waals surface area contributed by atoms with Gasteiger partial charge in [0, 0.05) is 26.2 Å². The second kappa shape index (κ2) is 28.4. The van der Waals surface area contributed by atoms with Gasteiger partial charge in [0.15, 0.2) is 0 Å². The maximum Gasteiger partial charge on any atom is 0.373 e. The number of likely N-dealkylation sites (tertiary alicyclic amines) is 1. The molecule has 0 radical (unpaired) electrons. The normalized spacial score (nSPS) is 18.7. The molecule has 0 aliphatic carbocycles. The summed E-state index contributed by atoms with van der Waals surface area (Å²) in [4.78, 5) is 8.77. The molecule has 13 nitrogen and oxygen atoms in total. The highest BCUT2D eigenvalue weighted by Crippen LogP contribution is 2.13. The summed E-state index contributed by atoms with van der Waals surface area (Å²) >= 11 is 0. The van der Waals surface area contributed by atoms with Crippen molar-refractivity contribution in [2.24, 2.45) is 0 Å². The molecule has 2 aliphatic rings. The molecule has 49 heavy (non-hydrogen) atoms. The molecule has 0 aromatic heterocycles. The number of aryl methyl sites for hydroxylation is 1. The molecule has 16 heteroatoms. The molecule has 2 atom stereocenters. The number of hydrogen-bond acceptors (Lipinski definition) is 13. The highest BCUT2D eigenvalue weighted by molar-refractivity contribution is 7.86. The molecule has 0 saturated carbocycles. The minimum Gasteiger partial charge on any atom is -0.437 e. The van der Waals surface area contributed by atoms with Crippen molar-refractivity contribution >= 4 is 24.2 Å². The molecule has 2 aliphatic heterocycles. The number of nitrogens with zero attached hydrogens (tertiary/aromatic N) is 4. The predicted octanol–water partition coefficient (Wildman–Crippen LogP) is 0.733. The Bertz CT molecular complexity index is 1020. The van der Waals surface area contributed by atoms with Crippen molar-refractivity contribution in [3.05, 3.63) is 29.8 Å². The number of nitrogens with one attached hydrogen (secondary N) is 3. The highest BCUT2D eigenvalue weighted by atomic mass is 32.2. The number of aliphatic hydroxyl groups excluding tert-OH is 1. The van der Waals surface area contributed by atoms with Crippen LogP contribution in [0.4, 0.5) is 0 Å². The fourth-order valence-corrected chi connectivity index (χ4v) is 5.96. The number of hydrogen-bond donors (Lipinski definition) is 6. The first kappa shape index (κ1) is 47.9. The van der Waals surface area contributed by atoms with E-state index in [0.29, 0.717) is 18.6 Å². The Labute approximate surface area is 300 Å². The summed E-state index contributed by atoms with van der Waals surface area (Å²) in [6.07, 6.45) is 7.09. The van der Waals surface area contributed by atoms with Gasteiger partial charge in [0.05, 0.1) is 18.1 Å². The van der Waals surface area contributed by atoms with E-state index in [9.17, 15) is 13.4 Å². The van der Waals surface area contributed by atoms with E-state index in [1.807, 2.05) is 44.9 Å². The molecule has 0 unspecified atom stereocenters. The number of rotatable bonds is 14. The second-order valence-electron chi connectivity index (χ2n) is 13.8. The molecule has 1 aromatic rings. The summed E-state index contributed by atoms with van der Waals surface area (Å²) < 4.78 is 28.3. The zero-order chi connectivity index (χ0) is 37.2. The van der Waals surface area contributed by atoms with Gasteiger partial charge in [-0.2, -0.15) is 8.42 Å². The van der Waals surface area contributed by atoms with E-state index >= 15 is 0 Å². The summed E-state index contributed by atoms with van der Waals surface area (Å²) in [6, 6.07) is 7.61. The lowest BCUT2D eigenvalue weighted by molar-refractivity contribution is 0.243. The largest absolute Gasteiger partial charge is 0.437 e. The standard InChI is InChI=1S/C11H26BN3O.C11H17NO3S.C7H17BN2O.C4H11NO/c1-12(16)13-11-5-4-7-15(8-6-11)10-9-14(2)3;1-10-4-6-11(7-5-10)16(13,14)15-9-8-12(2)3;1-8(11)10-7-3-2-5-9-6-4-7;1-5(2)3-4-6/h11,13,16H,4-10H2,1-3H3;4-7H,8-9H2,1-3H3;7,9-11H,2-6H2,1H3;6H,3-4H2,1-2H3/t11-;;7-;/m0.0./s1. The molecule has 6 N–H and O–H groups in total. The number of benzene rings is 1. The molecule has 2 heterocycles. The van der Waals surface area contributed by atoms with Gasteiger partial charge in [-0.15, -0.1) is 0 Å². The SMILES string of the molecule is CB(O)N[C@H]1CCCN(CCN(C)C)CC1.CB(O)N[C@H]1CCCNCC1.CN(C)CCO.Cc1ccc(S(=O)(=O)OCCN(C)C)cc1. The van der Waals surface area contributed by atoms with E-state index < -0.39 is 10.1 Å². The summed E-state index contributed by atoms with van der Waals surface area (Å²) in [5, 5.41) is 36.3. The summed E-state index contributed by atoms with van der Waals surface area (Å²) in [7, 11) is 7.48. The first-order chi connectivity index (χ1) is 23.0. The van der Waals surface area contributed by atoms with Gasteiger partial charge >= 0.3 is 14.1 Å². The Kier molecular flexibility index (Phi) is 27.8. The van der Waals surface area contributed by atoms with Crippen LogP contribution >= 0.6 is 0 Å². The van der Waals surface area contributed by atoms with Gasteiger partial charge < -0.3 is 50.5 Å². The van der Waals surface area contributed by atoms with Crippen molar-refractivity contribution in [1.82, 2.24) is 35.4 Å². The summed E-state index contributed by atoms with van der Waals surface area (Å²) in [5.74, 6) is 0. The zero-order valence-corrected chi connectivity index (χ0v) is 33.0. The molecule has 1 aromatic carbocycles. The average Bonchev–Trinajstić information content (AvgIpc) is 3.39. The molecule has 0 amide bonds. The van der Waals surface area contributed by atoms with Crippen molar-refractivity contribution in [3.63, 3.8) is 0 Å². The highest BCUT2D eigenvalue weighted by Gasteiger charge is 2.19. The van der Waals surface area contributed by atoms with Crippen LogP contribution in [-0.2, 0) is 14.3 Å². The van der Waals surface area contributed by atoms with Gasteiger partial charge in [0.2, 0.25) is 0 Å². The third kappa shape index (κ3) is 28.2. The molecular weight excluding hydrogens is 644 g/mol. The first-order valence-electron chi connectivity index (χ1n) is 17.9. The summed E-state index contributed by atoms with van der Waals surface area (Å²) in [5.41, 5.74) is 1.02. The van der Waals surface area contributed by atoms with Crippen LogP contribution in [0.5, 0.6) is 0 Å².